The molecule has 19 heavy (non-hydrogen) atoms. The van der Waals surface area contributed by atoms with Gasteiger partial charge in [0.25, 0.3) is 5.91 Å². The third-order valence-corrected chi connectivity index (χ3v) is 3.23. The minimum absolute atomic E-state index is 0.126. The van der Waals surface area contributed by atoms with Crippen molar-refractivity contribution in [3.05, 3.63) is 18.0 Å². The van der Waals surface area contributed by atoms with E-state index in [-0.39, 0.29) is 5.91 Å². The monoisotopic (exact) mass is 264 g/mol. The molecule has 1 saturated heterocycles. The highest BCUT2D eigenvalue weighted by Gasteiger charge is 2.14. The Morgan fingerprint density at radius 2 is 2.26 bits per heavy atom. The number of hydrogen-bond donors (Lipinski definition) is 2. The second kappa shape index (κ2) is 7.04. The molecule has 0 saturated carbocycles. The lowest BCUT2D eigenvalue weighted by Gasteiger charge is -2.21. The topological polar surface area (TPSA) is 76.1 Å². The Labute approximate surface area is 113 Å². The molecule has 0 spiro atoms. The Bertz CT molecular complexity index is 402. The van der Waals surface area contributed by atoms with Crippen molar-refractivity contribution in [2.75, 3.05) is 32.1 Å². The van der Waals surface area contributed by atoms with Crippen molar-refractivity contribution in [3.8, 4) is 0 Å². The van der Waals surface area contributed by atoms with E-state index in [1.807, 2.05) is 0 Å². The smallest absolute Gasteiger partial charge is 0.254 e. The third-order valence-electron chi connectivity index (χ3n) is 3.23. The van der Waals surface area contributed by atoms with Crippen LogP contribution in [0, 0.1) is 5.92 Å². The number of carbonyl (C=O) groups excluding carboxylic acids is 1. The van der Waals surface area contributed by atoms with Gasteiger partial charge >= 0.3 is 0 Å². The average molecular weight is 264 g/mol. The number of carbonyl (C=O) groups is 1. The van der Waals surface area contributed by atoms with Gasteiger partial charge in [0, 0.05) is 39.2 Å². The summed E-state index contributed by atoms with van der Waals surface area (Å²) in [5.74, 6) is 0.951. The molecule has 1 aliphatic rings. The summed E-state index contributed by atoms with van der Waals surface area (Å²) in [7, 11) is 1.74. The Kier molecular flexibility index (Phi) is 5.09. The summed E-state index contributed by atoms with van der Waals surface area (Å²) >= 11 is 0. The molecule has 0 unspecified atom stereocenters. The summed E-state index contributed by atoms with van der Waals surface area (Å²) in [6.45, 7) is 2.36. The van der Waals surface area contributed by atoms with E-state index in [1.165, 1.54) is 18.8 Å². The zero-order chi connectivity index (χ0) is 13.5. The van der Waals surface area contributed by atoms with E-state index in [9.17, 15) is 4.79 Å². The quantitative estimate of drug-likeness (QED) is 0.831. The minimum atomic E-state index is -0.126. The lowest BCUT2D eigenvalue weighted by Crippen LogP contribution is -2.28. The minimum Gasteiger partial charge on any atom is -0.381 e. The number of aromatic nitrogens is 2. The van der Waals surface area contributed by atoms with Crippen molar-refractivity contribution in [1.82, 2.24) is 15.3 Å². The first-order valence-electron chi connectivity index (χ1n) is 6.65. The van der Waals surface area contributed by atoms with Gasteiger partial charge in [-0.3, -0.25) is 4.79 Å². The lowest BCUT2D eigenvalue weighted by atomic mass is 9.99. The van der Waals surface area contributed by atoms with Crippen LogP contribution in [0.25, 0.3) is 0 Å². The van der Waals surface area contributed by atoms with E-state index < -0.39 is 0 Å². The largest absolute Gasteiger partial charge is 0.381 e. The van der Waals surface area contributed by atoms with Gasteiger partial charge in [-0.05, 0) is 25.2 Å². The molecule has 0 bridgehead atoms. The number of hydrogen-bond acceptors (Lipinski definition) is 5. The summed E-state index contributed by atoms with van der Waals surface area (Å²) in [5, 5.41) is 5.70. The van der Waals surface area contributed by atoms with Crippen LogP contribution in [0.1, 0.15) is 29.6 Å². The molecular formula is C13H20N4O2. The lowest BCUT2D eigenvalue weighted by molar-refractivity contribution is 0.0514. The van der Waals surface area contributed by atoms with Gasteiger partial charge in [0.1, 0.15) is 0 Å². The van der Waals surface area contributed by atoms with Crippen LogP contribution in [0.3, 0.4) is 0 Å². The van der Waals surface area contributed by atoms with Gasteiger partial charge in [0.2, 0.25) is 5.95 Å². The van der Waals surface area contributed by atoms with Gasteiger partial charge in [-0.25, -0.2) is 9.97 Å². The maximum Gasteiger partial charge on any atom is 0.254 e. The maximum atomic E-state index is 11.8. The maximum absolute atomic E-state index is 11.8. The normalized spacial score (nSPS) is 18.9. The Balaban J connectivity index is 1.73. The number of amides is 1. The number of nitrogens with one attached hydrogen (secondary N) is 2. The van der Waals surface area contributed by atoms with Crippen LogP contribution in [0.5, 0.6) is 0 Å². The van der Waals surface area contributed by atoms with Crippen LogP contribution >= 0.6 is 0 Å². The number of ether oxygens (including phenoxy) is 1. The second-order valence-corrected chi connectivity index (χ2v) is 4.67. The first-order valence-corrected chi connectivity index (χ1v) is 6.65. The van der Waals surface area contributed by atoms with Crippen molar-refractivity contribution >= 4 is 11.9 Å². The van der Waals surface area contributed by atoms with Crippen molar-refractivity contribution in [3.63, 3.8) is 0 Å². The predicted molar refractivity (Wildman–Crippen MR) is 72.1 cm³/mol. The fraction of sp³-hybridized carbons (Fsp3) is 0.615. The van der Waals surface area contributed by atoms with E-state index in [2.05, 4.69) is 20.6 Å². The summed E-state index contributed by atoms with van der Waals surface area (Å²) in [6.07, 6.45) is 6.32. The van der Waals surface area contributed by atoms with Crippen LogP contribution in [0.2, 0.25) is 0 Å². The van der Waals surface area contributed by atoms with E-state index in [0.717, 1.165) is 26.1 Å². The standard InChI is InChI=1S/C13H20N4O2/c1-14-13-16-7-11(8-17-13)12(18)15-5-4-10-3-2-6-19-9-10/h7-8,10H,2-6,9H2,1H3,(H,15,18)(H,14,16,17)/t10-/m0/s1. The number of anilines is 1. The first kappa shape index (κ1) is 13.7. The average Bonchev–Trinajstić information content (AvgIpc) is 2.48. The van der Waals surface area contributed by atoms with Gasteiger partial charge in [-0.1, -0.05) is 0 Å². The van der Waals surface area contributed by atoms with Crippen LogP contribution in [0.15, 0.2) is 12.4 Å². The van der Waals surface area contributed by atoms with E-state index >= 15 is 0 Å². The fourth-order valence-electron chi connectivity index (χ4n) is 2.10. The van der Waals surface area contributed by atoms with Gasteiger partial charge < -0.3 is 15.4 Å². The van der Waals surface area contributed by atoms with E-state index in [0.29, 0.717) is 24.0 Å². The molecule has 1 aromatic heterocycles. The van der Waals surface area contributed by atoms with Crippen molar-refractivity contribution in [2.24, 2.45) is 5.92 Å². The van der Waals surface area contributed by atoms with E-state index in [1.54, 1.807) is 7.05 Å². The van der Waals surface area contributed by atoms with E-state index in [4.69, 9.17) is 4.74 Å². The van der Waals surface area contributed by atoms with Crippen molar-refractivity contribution in [1.29, 1.82) is 0 Å². The zero-order valence-corrected chi connectivity index (χ0v) is 11.2. The Morgan fingerprint density at radius 1 is 1.47 bits per heavy atom. The second-order valence-electron chi connectivity index (χ2n) is 4.67. The molecule has 1 atom stereocenters. The summed E-state index contributed by atoms with van der Waals surface area (Å²) in [5.41, 5.74) is 0.485. The number of rotatable bonds is 5. The summed E-state index contributed by atoms with van der Waals surface area (Å²) in [4.78, 5) is 19.9. The molecule has 1 fully saturated rings. The molecule has 2 heterocycles. The fourth-order valence-corrected chi connectivity index (χ4v) is 2.10. The van der Waals surface area contributed by atoms with Crippen molar-refractivity contribution in [2.45, 2.75) is 19.3 Å². The molecule has 104 valence electrons. The van der Waals surface area contributed by atoms with Crippen LogP contribution in [-0.4, -0.2) is 42.7 Å². The molecule has 0 radical (unpaired) electrons. The van der Waals surface area contributed by atoms with Crippen molar-refractivity contribution < 1.29 is 9.53 Å². The predicted octanol–water partition coefficient (Wildman–Crippen LogP) is 1.06. The highest BCUT2D eigenvalue weighted by Crippen LogP contribution is 2.16. The van der Waals surface area contributed by atoms with Crippen LogP contribution in [-0.2, 0) is 4.74 Å². The highest BCUT2D eigenvalue weighted by atomic mass is 16.5. The molecule has 6 nitrogen and oxygen atoms in total. The summed E-state index contributed by atoms with van der Waals surface area (Å²) in [6, 6.07) is 0. The van der Waals surface area contributed by atoms with Crippen LogP contribution in [0.4, 0.5) is 5.95 Å². The Hall–Kier alpha value is -1.69. The molecule has 6 heteroatoms. The van der Waals surface area contributed by atoms with Gasteiger partial charge in [0.05, 0.1) is 5.56 Å². The van der Waals surface area contributed by atoms with Gasteiger partial charge in [0.15, 0.2) is 0 Å². The SMILES string of the molecule is CNc1ncc(C(=O)NCC[C@@H]2CCCOC2)cn1. The van der Waals surface area contributed by atoms with Gasteiger partial charge in [-0.2, -0.15) is 0 Å². The molecular weight excluding hydrogens is 244 g/mol. The molecule has 2 N–H and O–H groups in total. The van der Waals surface area contributed by atoms with Crippen LogP contribution < -0.4 is 10.6 Å². The zero-order valence-electron chi connectivity index (χ0n) is 11.2. The summed E-state index contributed by atoms with van der Waals surface area (Å²) < 4.78 is 5.41. The number of nitrogens with zero attached hydrogens (tertiary/aromatic N) is 2. The highest BCUT2D eigenvalue weighted by molar-refractivity contribution is 5.93. The molecule has 1 amide bonds. The molecule has 2 rings (SSSR count). The first-order chi connectivity index (χ1) is 9.29. The molecule has 1 aliphatic heterocycles. The molecule has 1 aromatic rings. The third kappa shape index (κ3) is 4.17. The van der Waals surface area contributed by atoms with Gasteiger partial charge in [-0.15, -0.1) is 0 Å². The Morgan fingerprint density at radius 3 is 2.89 bits per heavy atom. The molecule has 0 aliphatic carbocycles. The molecule has 0 aromatic carbocycles.